The van der Waals surface area contributed by atoms with E-state index in [1.54, 1.807) is 0 Å². The van der Waals surface area contributed by atoms with E-state index in [2.05, 4.69) is 5.32 Å². The molecular formula is C16H20N2O2. The normalized spacial score (nSPS) is 10.1. The molecular weight excluding hydrogens is 252 g/mol. The molecule has 0 aliphatic rings. The zero-order valence-electron chi connectivity index (χ0n) is 11.6. The van der Waals surface area contributed by atoms with E-state index < -0.39 is 0 Å². The second kappa shape index (κ2) is 7.28. The highest BCUT2D eigenvalue weighted by Crippen LogP contribution is 2.16. The fraction of sp³-hybridized carbons (Fsp3) is 0.250. The van der Waals surface area contributed by atoms with Gasteiger partial charge in [0.25, 0.3) is 0 Å². The van der Waals surface area contributed by atoms with Crippen LogP contribution in [0.4, 0.5) is 11.4 Å². The molecule has 0 unspecified atom stereocenters. The van der Waals surface area contributed by atoms with Crippen LogP contribution in [0.15, 0.2) is 48.5 Å². The van der Waals surface area contributed by atoms with Gasteiger partial charge in [0, 0.05) is 24.8 Å². The van der Waals surface area contributed by atoms with Crippen LogP contribution < -0.4 is 20.5 Å². The molecule has 106 valence electrons. The van der Waals surface area contributed by atoms with Crippen molar-refractivity contribution >= 4 is 11.4 Å². The summed E-state index contributed by atoms with van der Waals surface area (Å²) in [6.07, 6.45) is 0.832. The average Bonchev–Trinajstić information content (AvgIpc) is 2.49. The molecule has 0 heterocycles. The Balaban J connectivity index is 1.64. The van der Waals surface area contributed by atoms with E-state index in [0.717, 1.165) is 29.3 Å². The van der Waals surface area contributed by atoms with Crippen molar-refractivity contribution in [1.82, 2.24) is 0 Å². The quantitative estimate of drug-likeness (QED) is 0.600. The maximum atomic E-state index is 5.63. The fourth-order valence-corrected chi connectivity index (χ4v) is 1.72. The van der Waals surface area contributed by atoms with E-state index in [4.69, 9.17) is 15.2 Å². The summed E-state index contributed by atoms with van der Waals surface area (Å²) in [5.41, 5.74) is 7.42. The summed E-state index contributed by atoms with van der Waals surface area (Å²) in [6.45, 7) is 1.26. The smallest absolute Gasteiger partial charge is 0.119 e. The minimum atomic E-state index is 0.624. The lowest BCUT2D eigenvalue weighted by Gasteiger charge is -2.08. The Bertz CT molecular complexity index is 509. The second-order valence-electron chi connectivity index (χ2n) is 4.39. The molecule has 2 aromatic carbocycles. The van der Waals surface area contributed by atoms with Crippen LogP contribution in [0.3, 0.4) is 0 Å². The molecule has 2 rings (SSSR count). The maximum Gasteiger partial charge on any atom is 0.119 e. The van der Waals surface area contributed by atoms with Gasteiger partial charge >= 0.3 is 0 Å². The number of nitrogens with one attached hydrogen (secondary N) is 1. The van der Waals surface area contributed by atoms with Crippen LogP contribution >= 0.6 is 0 Å². The third-order valence-corrected chi connectivity index (χ3v) is 2.85. The van der Waals surface area contributed by atoms with Crippen LogP contribution in [0, 0.1) is 0 Å². The average molecular weight is 272 g/mol. The Morgan fingerprint density at radius 3 is 1.85 bits per heavy atom. The Labute approximate surface area is 119 Å². The molecule has 20 heavy (non-hydrogen) atoms. The molecule has 0 aliphatic carbocycles. The van der Waals surface area contributed by atoms with E-state index in [1.807, 2.05) is 55.6 Å². The van der Waals surface area contributed by atoms with Gasteiger partial charge in [0.2, 0.25) is 0 Å². The molecule has 0 amide bonds. The summed E-state index contributed by atoms with van der Waals surface area (Å²) in [5.74, 6) is 1.70. The first-order valence-corrected chi connectivity index (χ1v) is 6.67. The van der Waals surface area contributed by atoms with Gasteiger partial charge in [0.15, 0.2) is 0 Å². The summed E-state index contributed by atoms with van der Waals surface area (Å²) in [7, 11) is 1.89. The molecule has 0 atom stereocenters. The van der Waals surface area contributed by atoms with E-state index >= 15 is 0 Å². The van der Waals surface area contributed by atoms with Crippen molar-refractivity contribution in [2.24, 2.45) is 0 Å². The van der Waals surface area contributed by atoms with Gasteiger partial charge < -0.3 is 20.5 Å². The molecule has 4 nitrogen and oxygen atoms in total. The molecule has 0 radical (unpaired) electrons. The second-order valence-corrected chi connectivity index (χ2v) is 4.39. The van der Waals surface area contributed by atoms with E-state index in [0.29, 0.717) is 13.2 Å². The Morgan fingerprint density at radius 2 is 1.35 bits per heavy atom. The maximum absolute atomic E-state index is 5.63. The molecule has 2 aromatic rings. The molecule has 0 spiro atoms. The van der Waals surface area contributed by atoms with Crippen molar-refractivity contribution in [2.75, 3.05) is 31.3 Å². The molecule has 0 aromatic heterocycles. The van der Waals surface area contributed by atoms with Crippen LogP contribution in [-0.2, 0) is 0 Å². The predicted octanol–water partition coefficient (Wildman–Crippen LogP) is 3.16. The first-order valence-electron chi connectivity index (χ1n) is 6.67. The van der Waals surface area contributed by atoms with E-state index in [-0.39, 0.29) is 0 Å². The monoisotopic (exact) mass is 272 g/mol. The predicted molar refractivity (Wildman–Crippen MR) is 82.5 cm³/mol. The van der Waals surface area contributed by atoms with Gasteiger partial charge in [-0.2, -0.15) is 0 Å². The van der Waals surface area contributed by atoms with Crippen molar-refractivity contribution in [3.8, 4) is 11.5 Å². The highest BCUT2D eigenvalue weighted by atomic mass is 16.5. The first kappa shape index (κ1) is 14.1. The molecule has 0 saturated carbocycles. The van der Waals surface area contributed by atoms with Gasteiger partial charge in [-0.05, 0) is 48.5 Å². The van der Waals surface area contributed by atoms with Gasteiger partial charge in [-0.25, -0.2) is 0 Å². The zero-order chi connectivity index (χ0) is 14.2. The van der Waals surface area contributed by atoms with E-state index in [1.165, 1.54) is 0 Å². The number of benzene rings is 2. The van der Waals surface area contributed by atoms with Crippen LogP contribution in [0.25, 0.3) is 0 Å². The number of anilines is 2. The standard InChI is InChI=1S/C16H20N2O2/c1-18-14-5-9-16(10-6-14)20-12-2-11-19-15-7-3-13(17)4-8-15/h3-10,18H,2,11-12,17H2,1H3. The lowest BCUT2D eigenvalue weighted by Crippen LogP contribution is -2.05. The first-order chi connectivity index (χ1) is 9.78. The number of hydrogen-bond donors (Lipinski definition) is 2. The van der Waals surface area contributed by atoms with Crippen molar-refractivity contribution in [1.29, 1.82) is 0 Å². The van der Waals surface area contributed by atoms with Gasteiger partial charge in [0.05, 0.1) is 13.2 Å². The molecule has 0 fully saturated rings. The highest BCUT2D eigenvalue weighted by molar-refractivity contribution is 5.45. The summed E-state index contributed by atoms with van der Waals surface area (Å²) in [4.78, 5) is 0. The third kappa shape index (κ3) is 4.39. The minimum absolute atomic E-state index is 0.624. The van der Waals surface area contributed by atoms with Gasteiger partial charge in [-0.3, -0.25) is 0 Å². The lowest BCUT2D eigenvalue weighted by molar-refractivity contribution is 0.247. The van der Waals surface area contributed by atoms with Crippen molar-refractivity contribution in [3.05, 3.63) is 48.5 Å². The van der Waals surface area contributed by atoms with Crippen LogP contribution in [0.2, 0.25) is 0 Å². The summed E-state index contributed by atoms with van der Waals surface area (Å²) < 4.78 is 11.2. The zero-order valence-corrected chi connectivity index (χ0v) is 11.6. The van der Waals surface area contributed by atoms with Crippen molar-refractivity contribution < 1.29 is 9.47 Å². The topological polar surface area (TPSA) is 56.5 Å². The number of rotatable bonds is 7. The van der Waals surface area contributed by atoms with Crippen LogP contribution in [0.5, 0.6) is 11.5 Å². The minimum Gasteiger partial charge on any atom is -0.493 e. The Morgan fingerprint density at radius 1 is 0.850 bits per heavy atom. The van der Waals surface area contributed by atoms with E-state index in [9.17, 15) is 0 Å². The number of ether oxygens (including phenoxy) is 2. The van der Waals surface area contributed by atoms with Gasteiger partial charge in [-0.1, -0.05) is 0 Å². The molecule has 4 heteroatoms. The highest BCUT2D eigenvalue weighted by Gasteiger charge is 1.96. The van der Waals surface area contributed by atoms with Crippen LogP contribution in [-0.4, -0.2) is 20.3 Å². The summed E-state index contributed by atoms with van der Waals surface area (Å²) >= 11 is 0. The molecule has 0 aliphatic heterocycles. The summed E-state index contributed by atoms with van der Waals surface area (Å²) in [5, 5.41) is 3.07. The van der Waals surface area contributed by atoms with Gasteiger partial charge in [-0.15, -0.1) is 0 Å². The number of hydrogen-bond acceptors (Lipinski definition) is 4. The summed E-state index contributed by atoms with van der Waals surface area (Å²) in [6, 6.07) is 15.3. The number of nitrogens with two attached hydrogens (primary N) is 1. The lowest BCUT2D eigenvalue weighted by atomic mass is 10.3. The SMILES string of the molecule is CNc1ccc(OCCCOc2ccc(N)cc2)cc1. The molecule has 3 N–H and O–H groups in total. The third-order valence-electron chi connectivity index (χ3n) is 2.85. The fourth-order valence-electron chi connectivity index (χ4n) is 1.72. The van der Waals surface area contributed by atoms with Crippen molar-refractivity contribution in [3.63, 3.8) is 0 Å². The largest absolute Gasteiger partial charge is 0.493 e. The van der Waals surface area contributed by atoms with Crippen LogP contribution in [0.1, 0.15) is 6.42 Å². The Hall–Kier alpha value is -2.36. The van der Waals surface area contributed by atoms with Gasteiger partial charge in [0.1, 0.15) is 11.5 Å². The Kier molecular flexibility index (Phi) is 5.12. The molecule has 0 bridgehead atoms. The van der Waals surface area contributed by atoms with Crippen molar-refractivity contribution in [2.45, 2.75) is 6.42 Å². The molecule has 0 saturated heterocycles. The number of nitrogen functional groups attached to an aromatic ring is 1.